The fourth-order valence-electron chi connectivity index (χ4n) is 3.98. The third-order valence-corrected chi connectivity index (χ3v) is 5.59. The van der Waals surface area contributed by atoms with Gasteiger partial charge in [-0.3, -0.25) is 4.79 Å². The number of carbonyl (C=O) groups is 1. The van der Waals surface area contributed by atoms with Crippen LogP contribution in [0.1, 0.15) is 64.2 Å². The Morgan fingerprint density at radius 1 is 1.13 bits per heavy atom. The lowest BCUT2D eigenvalue weighted by atomic mass is 9.95. The molecular weight excluding hydrogens is 386 g/mol. The van der Waals surface area contributed by atoms with E-state index in [-0.39, 0.29) is 12.5 Å². The summed E-state index contributed by atoms with van der Waals surface area (Å²) in [6.07, 6.45) is 3.58. The highest BCUT2D eigenvalue weighted by Gasteiger charge is 2.50. The third kappa shape index (κ3) is 6.25. The molecular formula is C23H35NO6. The summed E-state index contributed by atoms with van der Waals surface area (Å²) < 4.78 is 23.8. The minimum atomic E-state index is -0.961. The third-order valence-electron chi connectivity index (χ3n) is 5.59. The van der Waals surface area contributed by atoms with Crippen molar-refractivity contribution in [2.24, 2.45) is 0 Å². The summed E-state index contributed by atoms with van der Waals surface area (Å²) in [5.74, 6) is -0.249. The van der Waals surface area contributed by atoms with E-state index in [0.29, 0.717) is 6.61 Å². The molecule has 3 rings (SSSR count). The van der Waals surface area contributed by atoms with Gasteiger partial charge in [-0.2, -0.15) is 0 Å². The average molecular weight is 422 g/mol. The van der Waals surface area contributed by atoms with Gasteiger partial charge in [0.2, 0.25) is 5.91 Å². The van der Waals surface area contributed by atoms with Gasteiger partial charge in [0.1, 0.15) is 24.4 Å². The van der Waals surface area contributed by atoms with Crippen molar-refractivity contribution in [2.45, 2.75) is 89.3 Å². The number of aliphatic hydroxyl groups excluding tert-OH is 1. The van der Waals surface area contributed by atoms with Crippen LogP contribution in [-0.4, -0.2) is 54.9 Å². The van der Waals surface area contributed by atoms with Crippen molar-refractivity contribution in [1.29, 1.82) is 0 Å². The molecule has 0 radical (unpaired) electrons. The maximum Gasteiger partial charge on any atom is 0.217 e. The van der Waals surface area contributed by atoms with E-state index in [4.69, 9.17) is 18.9 Å². The zero-order valence-corrected chi connectivity index (χ0v) is 18.0. The van der Waals surface area contributed by atoms with Crippen LogP contribution >= 0.6 is 0 Å². The van der Waals surface area contributed by atoms with Crippen LogP contribution in [0.25, 0.3) is 0 Å². The SMILES string of the molecule is CCCCCCCCO[C@H]1O[C@@H]2COC(c3ccccc3)O[C@@H]2[C@H](O)[C@H]1NC(C)=O. The molecule has 2 aliphatic heterocycles. The van der Waals surface area contributed by atoms with Crippen molar-refractivity contribution in [3.8, 4) is 0 Å². The molecule has 1 aromatic carbocycles. The zero-order valence-electron chi connectivity index (χ0n) is 18.0. The monoisotopic (exact) mass is 421 g/mol. The van der Waals surface area contributed by atoms with Crippen molar-refractivity contribution in [3.63, 3.8) is 0 Å². The molecule has 30 heavy (non-hydrogen) atoms. The van der Waals surface area contributed by atoms with E-state index in [9.17, 15) is 9.90 Å². The number of nitrogens with one attached hydrogen (secondary N) is 1. The number of ether oxygens (including phenoxy) is 4. The Bertz CT molecular complexity index is 642. The number of amides is 1. The first-order chi connectivity index (χ1) is 14.6. The molecule has 2 fully saturated rings. The summed E-state index contributed by atoms with van der Waals surface area (Å²) >= 11 is 0. The topological polar surface area (TPSA) is 86.2 Å². The Morgan fingerprint density at radius 3 is 2.60 bits per heavy atom. The second-order valence-corrected chi connectivity index (χ2v) is 8.08. The van der Waals surface area contributed by atoms with Gasteiger partial charge in [-0.05, 0) is 6.42 Å². The summed E-state index contributed by atoms with van der Waals surface area (Å²) in [6, 6.07) is 8.88. The molecule has 7 nitrogen and oxygen atoms in total. The predicted octanol–water partition coefficient (Wildman–Crippen LogP) is 3.07. The Kier molecular flexibility index (Phi) is 9.08. The molecule has 0 bridgehead atoms. The van der Waals surface area contributed by atoms with Gasteiger partial charge in [0.15, 0.2) is 12.6 Å². The van der Waals surface area contributed by atoms with Gasteiger partial charge in [0.05, 0.1) is 6.61 Å². The van der Waals surface area contributed by atoms with Crippen molar-refractivity contribution in [1.82, 2.24) is 5.32 Å². The molecule has 7 heteroatoms. The van der Waals surface area contributed by atoms with Crippen LogP contribution in [0.3, 0.4) is 0 Å². The lowest BCUT2D eigenvalue weighted by molar-refractivity contribution is -0.344. The molecule has 2 heterocycles. The molecule has 168 valence electrons. The number of carbonyl (C=O) groups excluding carboxylic acids is 1. The van der Waals surface area contributed by atoms with Crippen molar-refractivity contribution < 1.29 is 28.8 Å². The molecule has 1 amide bonds. The molecule has 2 aliphatic rings. The minimum absolute atomic E-state index is 0.249. The number of benzene rings is 1. The van der Waals surface area contributed by atoms with Crippen LogP contribution in [0.2, 0.25) is 0 Å². The van der Waals surface area contributed by atoms with E-state index in [1.165, 1.54) is 32.6 Å². The predicted molar refractivity (Wildman–Crippen MR) is 112 cm³/mol. The largest absolute Gasteiger partial charge is 0.388 e. The van der Waals surface area contributed by atoms with Crippen LogP contribution < -0.4 is 5.32 Å². The molecule has 2 N–H and O–H groups in total. The molecule has 1 aromatic rings. The quantitative estimate of drug-likeness (QED) is 0.565. The van der Waals surface area contributed by atoms with Crippen molar-refractivity contribution >= 4 is 5.91 Å². The van der Waals surface area contributed by atoms with Crippen LogP contribution in [0.4, 0.5) is 0 Å². The summed E-state index contributed by atoms with van der Waals surface area (Å²) in [5.41, 5.74) is 0.876. The van der Waals surface area contributed by atoms with E-state index in [1.54, 1.807) is 0 Å². The summed E-state index contributed by atoms with van der Waals surface area (Å²) in [4.78, 5) is 11.7. The fourth-order valence-corrected chi connectivity index (χ4v) is 3.98. The molecule has 0 spiro atoms. The Hall–Kier alpha value is -1.51. The van der Waals surface area contributed by atoms with E-state index in [1.807, 2.05) is 30.3 Å². The molecule has 0 saturated carbocycles. The Morgan fingerprint density at radius 2 is 1.87 bits per heavy atom. The fraction of sp³-hybridized carbons (Fsp3) is 0.696. The average Bonchev–Trinajstić information content (AvgIpc) is 2.76. The van der Waals surface area contributed by atoms with Gasteiger partial charge in [0.25, 0.3) is 0 Å². The zero-order chi connectivity index (χ0) is 21.3. The number of rotatable bonds is 10. The number of unbranched alkanes of at least 4 members (excludes halogenated alkanes) is 5. The van der Waals surface area contributed by atoms with Gasteiger partial charge in [-0.15, -0.1) is 0 Å². The van der Waals surface area contributed by atoms with Gasteiger partial charge in [0, 0.05) is 19.1 Å². The Labute approximate surface area is 179 Å². The van der Waals surface area contributed by atoms with Gasteiger partial charge >= 0.3 is 0 Å². The van der Waals surface area contributed by atoms with Crippen LogP contribution in [0, 0.1) is 0 Å². The lowest BCUT2D eigenvalue weighted by Gasteiger charge is -2.47. The van der Waals surface area contributed by atoms with Crippen molar-refractivity contribution in [3.05, 3.63) is 35.9 Å². The highest BCUT2D eigenvalue weighted by Crippen LogP contribution is 2.34. The maximum atomic E-state index is 11.7. The van der Waals surface area contributed by atoms with Crippen molar-refractivity contribution in [2.75, 3.05) is 13.2 Å². The number of aliphatic hydroxyl groups is 1. The second-order valence-electron chi connectivity index (χ2n) is 8.08. The maximum absolute atomic E-state index is 11.7. The van der Waals surface area contributed by atoms with E-state index >= 15 is 0 Å². The Balaban J connectivity index is 1.57. The smallest absolute Gasteiger partial charge is 0.217 e. The summed E-state index contributed by atoms with van der Waals surface area (Å²) in [7, 11) is 0. The van der Waals surface area contributed by atoms with Crippen LogP contribution in [0.5, 0.6) is 0 Å². The first-order valence-corrected chi connectivity index (χ1v) is 11.1. The molecule has 1 unspecified atom stereocenters. The number of fused-ring (bicyclic) bond motifs is 1. The lowest BCUT2D eigenvalue weighted by Crippen LogP contribution is -2.66. The van der Waals surface area contributed by atoms with Crippen LogP contribution in [-0.2, 0) is 23.7 Å². The molecule has 0 aromatic heterocycles. The van der Waals surface area contributed by atoms with Crippen LogP contribution in [0.15, 0.2) is 30.3 Å². The van der Waals surface area contributed by atoms with E-state index in [0.717, 1.165) is 18.4 Å². The highest BCUT2D eigenvalue weighted by atomic mass is 16.7. The highest BCUT2D eigenvalue weighted by molar-refractivity contribution is 5.73. The normalized spacial score (nSPS) is 31.2. The summed E-state index contributed by atoms with van der Waals surface area (Å²) in [6.45, 7) is 4.42. The number of hydrogen-bond donors (Lipinski definition) is 2. The van der Waals surface area contributed by atoms with E-state index < -0.39 is 36.9 Å². The molecule has 2 saturated heterocycles. The second kappa shape index (κ2) is 11.8. The standard InChI is InChI=1S/C23H35NO6/c1-3-4-5-6-7-11-14-27-23-19(24-16(2)25)20(26)21-18(29-23)15-28-22(30-21)17-12-9-8-10-13-17/h8-10,12-13,18-23,26H,3-7,11,14-15H2,1-2H3,(H,24,25)/t18-,19-,20-,21+,22?,23+/m1/s1. The first-order valence-electron chi connectivity index (χ1n) is 11.1. The molecule has 0 aliphatic carbocycles. The van der Waals surface area contributed by atoms with Gasteiger partial charge in [-0.25, -0.2) is 0 Å². The molecule has 6 atom stereocenters. The van der Waals surface area contributed by atoms with E-state index in [2.05, 4.69) is 12.2 Å². The number of hydrogen-bond acceptors (Lipinski definition) is 6. The first kappa shape index (κ1) is 23.2. The minimum Gasteiger partial charge on any atom is -0.388 e. The van der Waals surface area contributed by atoms with Gasteiger partial charge in [-0.1, -0.05) is 69.4 Å². The van der Waals surface area contributed by atoms with Gasteiger partial charge < -0.3 is 29.4 Å². The summed E-state index contributed by atoms with van der Waals surface area (Å²) in [5, 5.41) is 13.8.